The van der Waals surface area contributed by atoms with E-state index in [1.165, 1.54) is 11.1 Å². The monoisotopic (exact) mass is 536 g/mol. The Kier molecular flexibility index (Phi) is 6.13. The summed E-state index contributed by atoms with van der Waals surface area (Å²) in [7, 11) is 1.79. The first-order chi connectivity index (χ1) is 19.5. The molecule has 40 heavy (non-hydrogen) atoms. The highest BCUT2D eigenvalue weighted by Gasteiger charge is 2.32. The third-order valence-corrected chi connectivity index (χ3v) is 8.70. The van der Waals surface area contributed by atoms with Crippen LogP contribution in [-0.4, -0.2) is 58.3 Å². The molecule has 0 bridgehead atoms. The van der Waals surface area contributed by atoms with E-state index in [-0.39, 0.29) is 17.8 Å². The summed E-state index contributed by atoms with van der Waals surface area (Å²) in [5.74, 6) is 0.365. The minimum Gasteiger partial charge on any atom is -0.371 e. The lowest BCUT2D eigenvalue weighted by atomic mass is 9.93. The van der Waals surface area contributed by atoms with Crippen LogP contribution in [0.4, 0.5) is 10.1 Å². The van der Waals surface area contributed by atoms with E-state index in [2.05, 4.69) is 35.0 Å². The summed E-state index contributed by atoms with van der Waals surface area (Å²) in [4.78, 5) is 26.8. The van der Waals surface area contributed by atoms with Gasteiger partial charge in [-0.3, -0.25) is 4.79 Å². The van der Waals surface area contributed by atoms with Gasteiger partial charge < -0.3 is 14.8 Å². The third-order valence-electron chi connectivity index (χ3n) is 8.70. The topological polar surface area (TPSA) is 66.1 Å². The van der Waals surface area contributed by atoms with Crippen LogP contribution in [0.15, 0.2) is 59.6 Å². The molecule has 1 saturated heterocycles. The number of fused-ring (bicyclic) bond motifs is 2. The summed E-state index contributed by atoms with van der Waals surface area (Å²) < 4.78 is 17.3. The highest BCUT2D eigenvalue weighted by molar-refractivity contribution is 5.93. The SMILES string of the molecule is CN=C[C@H]1CCN(c2ccc(-c3cc4nc(C(=O)N5CCc6ccccc6[C@H]5C)cc(C5CC5)n4n3)c(F)c2)C1. The fourth-order valence-corrected chi connectivity index (χ4v) is 6.37. The first-order valence-corrected chi connectivity index (χ1v) is 14.3. The quantitative estimate of drug-likeness (QED) is 0.307. The molecule has 4 aromatic rings. The van der Waals surface area contributed by atoms with E-state index in [1.54, 1.807) is 23.7 Å². The number of amides is 1. The molecule has 204 valence electrons. The highest BCUT2D eigenvalue weighted by atomic mass is 19.1. The molecule has 1 amide bonds. The van der Waals surface area contributed by atoms with E-state index in [0.29, 0.717) is 41.0 Å². The van der Waals surface area contributed by atoms with Crippen molar-refractivity contribution < 1.29 is 9.18 Å². The molecular formula is C32H33FN6O. The van der Waals surface area contributed by atoms with Gasteiger partial charge in [0.2, 0.25) is 0 Å². The van der Waals surface area contributed by atoms with Gasteiger partial charge in [-0.25, -0.2) is 13.9 Å². The molecule has 1 aliphatic carbocycles. The molecule has 8 heteroatoms. The van der Waals surface area contributed by atoms with Gasteiger partial charge in [0, 0.05) is 67.7 Å². The smallest absolute Gasteiger partial charge is 0.273 e. The molecule has 3 aliphatic rings. The van der Waals surface area contributed by atoms with E-state index in [9.17, 15) is 4.79 Å². The number of carbonyl (C=O) groups is 1. The van der Waals surface area contributed by atoms with Crippen LogP contribution in [0.2, 0.25) is 0 Å². The van der Waals surface area contributed by atoms with Crippen molar-refractivity contribution >= 4 is 23.5 Å². The molecule has 0 radical (unpaired) electrons. The Hall–Kier alpha value is -4.07. The van der Waals surface area contributed by atoms with Crippen molar-refractivity contribution in [3.05, 3.63) is 82.9 Å². The second kappa shape index (κ2) is 9.84. The third kappa shape index (κ3) is 4.35. The summed E-state index contributed by atoms with van der Waals surface area (Å²) in [6.07, 6.45) is 5.94. The molecule has 0 N–H and O–H groups in total. The largest absolute Gasteiger partial charge is 0.371 e. The molecule has 1 saturated carbocycles. The molecule has 7 rings (SSSR count). The number of benzene rings is 2. The minimum atomic E-state index is -0.307. The minimum absolute atomic E-state index is 0.0203. The lowest BCUT2D eigenvalue weighted by Crippen LogP contribution is -2.39. The predicted molar refractivity (Wildman–Crippen MR) is 155 cm³/mol. The van der Waals surface area contributed by atoms with Gasteiger partial charge in [-0.05, 0) is 68.0 Å². The summed E-state index contributed by atoms with van der Waals surface area (Å²) in [6, 6.07) is 17.4. The number of hydrogen-bond donors (Lipinski definition) is 0. The van der Waals surface area contributed by atoms with Gasteiger partial charge in [0.1, 0.15) is 11.5 Å². The second-order valence-corrected chi connectivity index (χ2v) is 11.3. The number of rotatable bonds is 5. The van der Waals surface area contributed by atoms with E-state index >= 15 is 4.39 Å². The van der Waals surface area contributed by atoms with Crippen molar-refractivity contribution in [2.45, 2.75) is 44.6 Å². The molecule has 0 spiro atoms. The van der Waals surface area contributed by atoms with Gasteiger partial charge in [-0.1, -0.05) is 24.3 Å². The molecule has 2 aromatic carbocycles. The van der Waals surface area contributed by atoms with Crippen LogP contribution in [0.25, 0.3) is 16.9 Å². The van der Waals surface area contributed by atoms with Crippen LogP contribution in [0, 0.1) is 11.7 Å². The van der Waals surface area contributed by atoms with E-state index < -0.39 is 0 Å². The van der Waals surface area contributed by atoms with E-state index in [4.69, 9.17) is 10.1 Å². The number of carbonyl (C=O) groups excluding carboxylic acids is 1. The maximum atomic E-state index is 15.5. The van der Waals surface area contributed by atoms with Crippen LogP contribution < -0.4 is 4.90 Å². The van der Waals surface area contributed by atoms with Gasteiger partial charge in [-0.15, -0.1) is 0 Å². The zero-order chi connectivity index (χ0) is 27.4. The average Bonchev–Trinajstić information content (AvgIpc) is 3.55. The van der Waals surface area contributed by atoms with Gasteiger partial charge in [0.05, 0.1) is 11.7 Å². The fraction of sp³-hybridized carbons (Fsp3) is 0.375. The van der Waals surface area contributed by atoms with E-state index in [1.807, 2.05) is 35.4 Å². The predicted octanol–water partition coefficient (Wildman–Crippen LogP) is 5.70. The fourth-order valence-electron chi connectivity index (χ4n) is 6.37. The Labute approximate surface area is 233 Å². The number of halogens is 1. The standard InChI is InChI=1S/C32H33FN6O/c1-20-25-6-4-3-5-22(25)12-14-38(20)32(40)29-16-30(23-7-8-23)39-31(35-29)17-28(36-39)26-10-9-24(15-27(26)33)37-13-11-21(19-37)18-34-2/h3-6,9-10,15-18,20-21,23H,7-8,11-14,19H2,1-2H3/t20-,21-/m1/s1. The Bertz CT molecular complexity index is 1640. The molecule has 2 atom stereocenters. The summed E-state index contributed by atoms with van der Waals surface area (Å²) in [5, 5.41) is 4.78. The van der Waals surface area contributed by atoms with Gasteiger partial charge in [0.25, 0.3) is 5.91 Å². The summed E-state index contributed by atoms with van der Waals surface area (Å²) in [5.41, 5.74) is 6.32. The van der Waals surface area contributed by atoms with Crippen LogP contribution in [0.3, 0.4) is 0 Å². The zero-order valence-corrected chi connectivity index (χ0v) is 22.9. The van der Waals surface area contributed by atoms with Crippen molar-refractivity contribution in [2.75, 3.05) is 31.6 Å². The first-order valence-electron chi connectivity index (χ1n) is 14.3. The van der Waals surface area contributed by atoms with Gasteiger partial charge in [0.15, 0.2) is 5.65 Å². The number of aromatic nitrogens is 3. The van der Waals surface area contributed by atoms with Gasteiger partial charge >= 0.3 is 0 Å². The molecule has 4 heterocycles. The first kappa shape index (κ1) is 24.9. The lowest BCUT2D eigenvalue weighted by Gasteiger charge is -2.35. The van der Waals surface area contributed by atoms with Crippen LogP contribution in [0.1, 0.15) is 65.5 Å². The van der Waals surface area contributed by atoms with Crippen molar-refractivity contribution in [2.24, 2.45) is 10.9 Å². The summed E-state index contributed by atoms with van der Waals surface area (Å²) >= 11 is 0. The Morgan fingerprint density at radius 2 is 1.93 bits per heavy atom. The van der Waals surface area contributed by atoms with Crippen molar-refractivity contribution in [1.29, 1.82) is 0 Å². The summed E-state index contributed by atoms with van der Waals surface area (Å²) in [6.45, 7) is 4.47. The van der Waals surface area contributed by atoms with Crippen LogP contribution in [0.5, 0.6) is 0 Å². The van der Waals surface area contributed by atoms with E-state index in [0.717, 1.165) is 50.2 Å². The highest BCUT2D eigenvalue weighted by Crippen LogP contribution is 2.41. The van der Waals surface area contributed by atoms with Crippen molar-refractivity contribution in [3.63, 3.8) is 0 Å². The lowest BCUT2D eigenvalue weighted by molar-refractivity contribution is 0.0671. The van der Waals surface area contributed by atoms with Crippen molar-refractivity contribution in [3.8, 4) is 11.3 Å². The number of anilines is 1. The average molecular weight is 537 g/mol. The maximum Gasteiger partial charge on any atom is 0.273 e. The van der Waals surface area contributed by atoms with Gasteiger partial charge in [-0.2, -0.15) is 5.10 Å². The molecular weight excluding hydrogens is 503 g/mol. The normalized spacial score (nSPS) is 21.0. The molecule has 2 aliphatic heterocycles. The second-order valence-electron chi connectivity index (χ2n) is 11.3. The Morgan fingerprint density at radius 3 is 2.73 bits per heavy atom. The molecule has 0 unspecified atom stereocenters. The van der Waals surface area contributed by atoms with Crippen LogP contribution >= 0.6 is 0 Å². The number of nitrogens with zero attached hydrogens (tertiary/aromatic N) is 6. The molecule has 2 fully saturated rings. The zero-order valence-electron chi connectivity index (χ0n) is 22.9. The Balaban J connectivity index is 1.20. The van der Waals surface area contributed by atoms with Crippen LogP contribution in [-0.2, 0) is 6.42 Å². The molecule has 7 nitrogen and oxygen atoms in total. The number of aliphatic imine (C=N–C) groups is 1. The Morgan fingerprint density at radius 1 is 1.07 bits per heavy atom. The molecule has 2 aromatic heterocycles. The maximum absolute atomic E-state index is 15.5. The number of hydrogen-bond acceptors (Lipinski definition) is 5. The van der Waals surface area contributed by atoms with Crippen molar-refractivity contribution in [1.82, 2.24) is 19.5 Å².